The Balaban J connectivity index is 1.48. The van der Waals surface area contributed by atoms with Gasteiger partial charge in [0.05, 0.1) is 4.88 Å². The molecule has 27 heavy (non-hydrogen) atoms. The molecule has 0 radical (unpaired) electrons. The van der Waals surface area contributed by atoms with Crippen molar-refractivity contribution in [3.63, 3.8) is 0 Å². The van der Waals surface area contributed by atoms with E-state index >= 15 is 0 Å². The summed E-state index contributed by atoms with van der Waals surface area (Å²) in [5, 5.41) is 9.00. The molecular weight excluding hydrogens is 384 g/mol. The number of thiophene rings is 1. The summed E-state index contributed by atoms with van der Waals surface area (Å²) in [5.41, 5.74) is 0.976. The van der Waals surface area contributed by atoms with Crippen molar-refractivity contribution in [3.8, 4) is 22.2 Å². The monoisotopic (exact) mass is 402 g/mol. The molecule has 3 aromatic rings. The molecule has 0 spiro atoms. The van der Waals surface area contributed by atoms with Gasteiger partial charge in [0, 0.05) is 13.6 Å². The number of fused-ring (bicyclic) bond motifs is 1. The molecule has 0 bridgehead atoms. The first-order chi connectivity index (χ1) is 13.1. The van der Waals surface area contributed by atoms with Crippen LogP contribution >= 0.6 is 23.6 Å². The number of hydrogen-bond acceptors (Lipinski definition) is 6. The van der Waals surface area contributed by atoms with Gasteiger partial charge in [-0.2, -0.15) is 5.10 Å². The minimum atomic E-state index is -0.0554. The zero-order chi connectivity index (χ0) is 18.8. The zero-order valence-electron chi connectivity index (χ0n) is 14.7. The van der Waals surface area contributed by atoms with Gasteiger partial charge in [0.2, 0.25) is 5.91 Å². The van der Waals surface area contributed by atoms with E-state index < -0.39 is 0 Å². The number of nitrogens with zero attached hydrogens (tertiary/aromatic N) is 3. The van der Waals surface area contributed by atoms with Gasteiger partial charge in [0.25, 0.3) is 0 Å². The molecule has 0 saturated heterocycles. The normalized spacial score (nSPS) is 12.8. The van der Waals surface area contributed by atoms with Crippen molar-refractivity contribution in [2.75, 3.05) is 20.3 Å². The van der Waals surface area contributed by atoms with Crippen molar-refractivity contribution in [2.45, 2.75) is 13.1 Å². The van der Waals surface area contributed by atoms with Gasteiger partial charge in [0.1, 0.15) is 19.8 Å². The van der Waals surface area contributed by atoms with Crippen LogP contribution in [0.3, 0.4) is 0 Å². The predicted molar refractivity (Wildman–Crippen MR) is 105 cm³/mol. The average Bonchev–Trinajstić information content (AvgIpc) is 3.32. The molecule has 1 aliphatic heterocycles. The molecule has 0 fully saturated rings. The minimum Gasteiger partial charge on any atom is -0.486 e. The van der Waals surface area contributed by atoms with Crippen LogP contribution in [0.4, 0.5) is 0 Å². The maximum absolute atomic E-state index is 12.7. The highest BCUT2D eigenvalue weighted by Gasteiger charge is 2.17. The molecular formula is C18H18N4O3S2. The maximum Gasteiger partial charge on any atom is 0.242 e. The number of rotatable bonds is 5. The van der Waals surface area contributed by atoms with Crippen LogP contribution < -0.4 is 9.47 Å². The highest BCUT2D eigenvalue weighted by molar-refractivity contribution is 7.71. The van der Waals surface area contributed by atoms with Crippen LogP contribution in [0.25, 0.3) is 10.7 Å². The van der Waals surface area contributed by atoms with Gasteiger partial charge in [-0.25, -0.2) is 0 Å². The van der Waals surface area contributed by atoms with E-state index in [0.29, 0.717) is 30.4 Å². The number of aromatic nitrogens is 3. The first kappa shape index (κ1) is 17.7. The minimum absolute atomic E-state index is 0.0554. The lowest BCUT2D eigenvalue weighted by Gasteiger charge is -2.21. The molecule has 0 atom stereocenters. The van der Waals surface area contributed by atoms with Crippen molar-refractivity contribution in [1.82, 2.24) is 19.7 Å². The fourth-order valence-corrected chi connectivity index (χ4v) is 3.78. The molecule has 1 N–H and O–H groups in total. The van der Waals surface area contributed by atoms with E-state index in [4.69, 9.17) is 21.7 Å². The van der Waals surface area contributed by atoms with Crippen molar-refractivity contribution in [2.24, 2.45) is 0 Å². The van der Waals surface area contributed by atoms with Gasteiger partial charge in [-0.05, 0) is 41.4 Å². The second-order valence-corrected chi connectivity index (χ2v) is 7.48. The third kappa shape index (κ3) is 3.74. The third-order valence-corrected chi connectivity index (χ3v) is 5.42. The summed E-state index contributed by atoms with van der Waals surface area (Å²) >= 11 is 6.85. The molecule has 1 aliphatic rings. The summed E-state index contributed by atoms with van der Waals surface area (Å²) in [4.78, 5) is 15.4. The zero-order valence-corrected chi connectivity index (χ0v) is 16.3. The molecule has 0 aliphatic carbocycles. The molecule has 1 amide bonds. The quantitative estimate of drug-likeness (QED) is 0.664. The number of hydrogen-bond donors (Lipinski definition) is 1. The Bertz CT molecular complexity index is 1010. The molecule has 1 aromatic carbocycles. The SMILES string of the molecule is CN(Cc1ccc2c(c1)OCCO2)C(=O)Cn1c(-c2cccs2)n[nH]c1=S. The van der Waals surface area contributed by atoms with Crippen LogP contribution in [0.2, 0.25) is 0 Å². The predicted octanol–water partition coefficient (Wildman–Crippen LogP) is 3.10. The number of carbonyl (C=O) groups excluding carboxylic acids is 1. The van der Waals surface area contributed by atoms with Crippen LogP contribution in [0.5, 0.6) is 11.5 Å². The van der Waals surface area contributed by atoms with E-state index in [-0.39, 0.29) is 12.5 Å². The summed E-state index contributed by atoms with van der Waals surface area (Å²) in [6.45, 7) is 1.69. The second kappa shape index (κ2) is 7.53. The van der Waals surface area contributed by atoms with Crippen LogP contribution in [0.15, 0.2) is 35.7 Å². The number of carbonyl (C=O) groups is 1. The Labute approximate surface area is 165 Å². The largest absolute Gasteiger partial charge is 0.486 e. The van der Waals surface area contributed by atoms with Crippen LogP contribution in [0.1, 0.15) is 5.56 Å². The summed E-state index contributed by atoms with van der Waals surface area (Å²) in [5.74, 6) is 2.08. The van der Waals surface area contributed by atoms with Gasteiger partial charge in [-0.15, -0.1) is 11.3 Å². The fraction of sp³-hybridized carbons (Fsp3) is 0.278. The van der Waals surface area contributed by atoms with Crippen molar-refractivity contribution < 1.29 is 14.3 Å². The Hall–Kier alpha value is -2.65. The van der Waals surface area contributed by atoms with E-state index in [0.717, 1.165) is 21.9 Å². The lowest BCUT2D eigenvalue weighted by molar-refractivity contribution is -0.131. The third-order valence-electron chi connectivity index (χ3n) is 4.25. The molecule has 0 saturated carbocycles. The first-order valence-electron chi connectivity index (χ1n) is 8.43. The molecule has 3 heterocycles. The van der Waals surface area contributed by atoms with E-state index in [1.54, 1.807) is 27.9 Å². The van der Waals surface area contributed by atoms with E-state index in [1.807, 2.05) is 35.7 Å². The maximum atomic E-state index is 12.7. The van der Waals surface area contributed by atoms with Crippen LogP contribution in [-0.2, 0) is 17.9 Å². The number of benzene rings is 1. The lowest BCUT2D eigenvalue weighted by atomic mass is 10.2. The first-order valence-corrected chi connectivity index (χ1v) is 9.72. The number of likely N-dealkylation sites (N-methyl/N-ethyl adjacent to an activating group) is 1. The van der Waals surface area contributed by atoms with Crippen LogP contribution in [-0.4, -0.2) is 45.8 Å². The highest BCUT2D eigenvalue weighted by atomic mass is 32.1. The summed E-state index contributed by atoms with van der Waals surface area (Å²) in [6.07, 6.45) is 0. The second-order valence-electron chi connectivity index (χ2n) is 6.14. The lowest BCUT2D eigenvalue weighted by Crippen LogP contribution is -2.30. The molecule has 140 valence electrons. The van der Waals surface area contributed by atoms with Gasteiger partial charge < -0.3 is 14.4 Å². The van der Waals surface area contributed by atoms with Gasteiger partial charge in [-0.1, -0.05) is 12.1 Å². The average molecular weight is 403 g/mol. The van der Waals surface area contributed by atoms with Crippen molar-refractivity contribution in [3.05, 3.63) is 46.0 Å². The van der Waals surface area contributed by atoms with Gasteiger partial charge in [-0.3, -0.25) is 14.5 Å². The summed E-state index contributed by atoms with van der Waals surface area (Å²) < 4.78 is 13.3. The topological polar surface area (TPSA) is 72.4 Å². The Morgan fingerprint density at radius 3 is 2.93 bits per heavy atom. The summed E-state index contributed by atoms with van der Waals surface area (Å²) in [6, 6.07) is 9.63. The van der Waals surface area contributed by atoms with Gasteiger partial charge in [0.15, 0.2) is 22.1 Å². The van der Waals surface area contributed by atoms with E-state index in [1.165, 1.54) is 0 Å². The number of aromatic amines is 1. The molecule has 4 rings (SSSR count). The highest BCUT2D eigenvalue weighted by Crippen LogP contribution is 2.31. The number of ether oxygens (including phenoxy) is 2. The van der Waals surface area contributed by atoms with Crippen molar-refractivity contribution in [1.29, 1.82) is 0 Å². The molecule has 7 nitrogen and oxygen atoms in total. The number of nitrogens with one attached hydrogen (secondary N) is 1. The van der Waals surface area contributed by atoms with Gasteiger partial charge >= 0.3 is 0 Å². The Kier molecular flexibility index (Phi) is 4.95. The Morgan fingerprint density at radius 1 is 1.33 bits per heavy atom. The number of amides is 1. The summed E-state index contributed by atoms with van der Waals surface area (Å²) in [7, 11) is 1.77. The van der Waals surface area contributed by atoms with Crippen LogP contribution in [0, 0.1) is 4.77 Å². The standard InChI is InChI=1S/C18H18N4O3S2/c1-21(10-12-4-5-13-14(9-12)25-7-6-24-13)16(23)11-22-17(19-20-18(22)26)15-3-2-8-27-15/h2-5,8-9H,6-7,10-11H2,1H3,(H,20,26). The Morgan fingerprint density at radius 2 is 2.15 bits per heavy atom. The van der Waals surface area contributed by atoms with Crippen molar-refractivity contribution >= 4 is 29.5 Å². The smallest absolute Gasteiger partial charge is 0.242 e. The molecule has 2 aromatic heterocycles. The fourth-order valence-electron chi connectivity index (χ4n) is 2.86. The number of H-pyrrole nitrogens is 1. The molecule has 9 heteroatoms. The van der Waals surface area contributed by atoms with E-state index in [2.05, 4.69) is 10.2 Å². The molecule has 0 unspecified atom stereocenters. The van der Waals surface area contributed by atoms with E-state index in [9.17, 15) is 4.79 Å².